The molecule has 3 amide bonds. The molecule has 5 atom stereocenters. The summed E-state index contributed by atoms with van der Waals surface area (Å²) in [5.41, 5.74) is -1.89. The largest absolute Gasteiger partial charge is 0.464 e. The average Bonchev–Trinajstić information content (AvgIpc) is 3.38. The summed E-state index contributed by atoms with van der Waals surface area (Å²) >= 11 is 0. The van der Waals surface area contributed by atoms with Gasteiger partial charge in [0.05, 0.1) is 12.7 Å². The van der Waals surface area contributed by atoms with Gasteiger partial charge in [-0.15, -0.1) is 0 Å². The highest BCUT2D eigenvalue weighted by molar-refractivity contribution is 6.74. The fraction of sp³-hybridized carbons (Fsp3) is 0.800. The van der Waals surface area contributed by atoms with Crippen LogP contribution < -0.4 is 16.0 Å². The average molecular weight is 609 g/mol. The molecular weight excluding hydrogens is 556 g/mol. The predicted octanol–water partition coefficient (Wildman–Crippen LogP) is 3.25. The zero-order valence-electron chi connectivity index (χ0n) is 26.9. The molecule has 3 N–H and O–H groups in total. The van der Waals surface area contributed by atoms with Crippen molar-refractivity contribution in [2.45, 2.75) is 122 Å². The standard InChI is InChI=1S/C30H52N4O7Si/c1-10-39-26(37)30-17-20(30)14-12-11-13-15-31-18-22(32-27(38)40-28(2,3)4)25(36)34-19-21(16-23(34)24(35)33-30)41-42(8,9)29(5,6)7/h12,14,20-23,31H,10-11,13,15-19H2,1-9H3,(H,32,38)(H,33,35)/b14-12-/t20-,21-,22+,23+,30-/m1/s1. The van der Waals surface area contributed by atoms with Gasteiger partial charge < -0.3 is 34.8 Å². The Hall–Kier alpha value is -2.44. The molecule has 0 unspecified atom stereocenters. The van der Waals surface area contributed by atoms with Gasteiger partial charge in [0.15, 0.2) is 8.32 Å². The number of hydrogen-bond acceptors (Lipinski definition) is 8. The number of alkyl carbamates (subject to hydrolysis) is 1. The second-order valence-corrected chi connectivity index (χ2v) is 19.0. The summed E-state index contributed by atoms with van der Waals surface area (Å²) in [6.45, 7) is 18.9. The molecule has 0 bridgehead atoms. The van der Waals surface area contributed by atoms with E-state index in [1.54, 1.807) is 27.7 Å². The molecule has 2 fully saturated rings. The van der Waals surface area contributed by atoms with Gasteiger partial charge in [0.2, 0.25) is 11.8 Å². The molecule has 238 valence electrons. The number of allylic oxidation sites excluding steroid dienone is 1. The van der Waals surface area contributed by atoms with Gasteiger partial charge in [-0.05, 0) is 71.6 Å². The van der Waals surface area contributed by atoms with E-state index in [1.165, 1.54) is 4.90 Å². The molecule has 1 aliphatic carbocycles. The van der Waals surface area contributed by atoms with Gasteiger partial charge in [-0.1, -0.05) is 32.9 Å². The summed E-state index contributed by atoms with van der Waals surface area (Å²) < 4.78 is 17.5. The van der Waals surface area contributed by atoms with Crippen LogP contribution in [0.3, 0.4) is 0 Å². The van der Waals surface area contributed by atoms with Crippen LogP contribution >= 0.6 is 0 Å². The third kappa shape index (κ3) is 8.34. The van der Waals surface area contributed by atoms with Crippen LogP contribution in [0.2, 0.25) is 18.1 Å². The normalized spacial score (nSPS) is 30.2. The van der Waals surface area contributed by atoms with Crippen molar-refractivity contribution in [2.24, 2.45) is 5.92 Å². The second-order valence-electron chi connectivity index (χ2n) is 14.2. The van der Waals surface area contributed by atoms with Gasteiger partial charge in [-0.2, -0.15) is 0 Å². The molecule has 0 aromatic carbocycles. The number of carbonyl (C=O) groups is 4. The Morgan fingerprint density at radius 3 is 2.48 bits per heavy atom. The van der Waals surface area contributed by atoms with Gasteiger partial charge in [0.25, 0.3) is 0 Å². The topological polar surface area (TPSA) is 135 Å². The minimum Gasteiger partial charge on any atom is -0.464 e. The van der Waals surface area contributed by atoms with Crippen molar-refractivity contribution in [3.05, 3.63) is 12.2 Å². The number of amides is 3. The smallest absolute Gasteiger partial charge is 0.408 e. The number of nitrogens with zero attached hydrogens (tertiary/aromatic N) is 1. The molecule has 0 aromatic heterocycles. The number of esters is 1. The molecule has 11 nitrogen and oxygen atoms in total. The lowest BCUT2D eigenvalue weighted by atomic mass is 10.1. The second kappa shape index (κ2) is 13.0. The Balaban J connectivity index is 1.95. The Labute approximate surface area is 252 Å². The predicted molar refractivity (Wildman–Crippen MR) is 162 cm³/mol. The first-order valence-electron chi connectivity index (χ1n) is 15.2. The molecule has 42 heavy (non-hydrogen) atoms. The highest BCUT2D eigenvalue weighted by Crippen LogP contribution is 2.46. The molecule has 0 spiro atoms. The Kier molecular flexibility index (Phi) is 10.6. The van der Waals surface area contributed by atoms with Crippen LogP contribution in [-0.2, 0) is 28.3 Å². The van der Waals surface area contributed by atoms with E-state index in [1.807, 2.05) is 12.2 Å². The summed E-state index contributed by atoms with van der Waals surface area (Å²) in [5.74, 6) is -1.47. The lowest BCUT2D eigenvalue weighted by Gasteiger charge is -2.38. The van der Waals surface area contributed by atoms with Gasteiger partial charge in [0.1, 0.15) is 23.2 Å². The summed E-state index contributed by atoms with van der Waals surface area (Å²) in [6.07, 6.45) is 5.21. The number of rotatable bonds is 5. The van der Waals surface area contributed by atoms with Crippen LogP contribution in [0.1, 0.15) is 74.1 Å². The first-order valence-corrected chi connectivity index (χ1v) is 18.2. The summed E-state index contributed by atoms with van der Waals surface area (Å²) in [7, 11) is -2.23. The molecule has 3 rings (SSSR count). The zero-order chi connectivity index (χ0) is 31.5. The molecule has 0 radical (unpaired) electrons. The van der Waals surface area contributed by atoms with Crippen molar-refractivity contribution < 1.29 is 33.1 Å². The highest BCUT2D eigenvalue weighted by Gasteiger charge is 2.62. The SMILES string of the molecule is CCOC(=O)[C@@]12C[C@H]1/C=C\CCCNC[C@H](NC(=O)OC(C)(C)C)C(=O)N1C[C@H](O[Si](C)(C)C(C)(C)C)C[C@H]1C(=O)N2. The monoisotopic (exact) mass is 608 g/mol. The third-order valence-electron chi connectivity index (χ3n) is 8.55. The van der Waals surface area contributed by atoms with E-state index < -0.39 is 55.4 Å². The van der Waals surface area contributed by atoms with Crippen LogP contribution in [0.5, 0.6) is 0 Å². The first kappa shape index (κ1) is 34.1. The van der Waals surface area contributed by atoms with E-state index in [0.29, 0.717) is 13.0 Å². The highest BCUT2D eigenvalue weighted by atomic mass is 28.4. The van der Waals surface area contributed by atoms with E-state index in [0.717, 1.165) is 12.8 Å². The molecule has 1 saturated carbocycles. The lowest BCUT2D eigenvalue weighted by Crippen LogP contribution is -2.58. The van der Waals surface area contributed by atoms with Crippen molar-refractivity contribution in [3.63, 3.8) is 0 Å². The van der Waals surface area contributed by atoms with Crippen molar-refractivity contribution in [3.8, 4) is 0 Å². The van der Waals surface area contributed by atoms with E-state index >= 15 is 0 Å². The van der Waals surface area contributed by atoms with Crippen molar-refractivity contribution in [1.82, 2.24) is 20.9 Å². The molecule has 2 aliphatic heterocycles. The quantitative estimate of drug-likeness (QED) is 0.246. The number of fused-ring (bicyclic) bond motifs is 2. The van der Waals surface area contributed by atoms with Crippen LogP contribution in [-0.4, -0.2) is 92.7 Å². The van der Waals surface area contributed by atoms with Crippen molar-refractivity contribution >= 4 is 32.2 Å². The zero-order valence-corrected chi connectivity index (χ0v) is 27.9. The maximum Gasteiger partial charge on any atom is 0.408 e. The molecular formula is C30H52N4O7Si. The fourth-order valence-electron chi connectivity index (χ4n) is 5.18. The van der Waals surface area contributed by atoms with Crippen molar-refractivity contribution in [1.29, 1.82) is 0 Å². The van der Waals surface area contributed by atoms with Crippen LogP contribution in [0.25, 0.3) is 0 Å². The maximum atomic E-state index is 14.1. The maximum absolute atomic E-state index is 14.1. The van der Waals surface area contributed by atoms with Crippen molar-refractivity contribution in [2.75, 3.05) is 26.2 Å². The first-order chi connectivity index (χ1) is 19.4. The molecule has 0 aromatic rings. The minimum absolute atomic E-state index is 0.0673. The van der Waals surface area contributed by atoms with E-state index in [-0.39, 0.29) is 43.2 Å². The van der Waals surface area contributed by atoms with Gasteiger partial charge in [0, 0.05) is 25.4 Å². The third-order valence-corrected chi connectivity index (χ3v) is 13.1. The Morgan fingerprint density at radius 2 is 1.86 bits per heavy atom. The molecule has 12 heteroatoms. The van der Waals surface area contributed by atoms with Gasteiger partial charge >= 0.3 is 12.1 Å². The molecule has 3 aliphatic rings. The van der Waals surface area contributed by atoms with Crippen LogP contribution in [0.15, 0.2) is 12.2 Å². The fourth-order valence-corrected chi connectivity index (χ4v) is 6.54. The van der Waals surface area contributed by atoms with Gasteiger partial charge in [-0.3, -0.25) is 9.59 Å². The van der Waals surface area contributed by atoms with E-state index in [4.69, 9.17) is 13.9 Å². The van der Waals surface area contributed by atoms with E-state index in [9.17, 15) is 19.2 Å². The van der Waals surface area contributed by atoms with Gasteiger partial charge in [-0.25, -0.2) is 9.59 Å². The van der Waals surface area contributed by atoms with Crippen LogP contribution in [0, 0.1) is 5.92 Å². The number of hydrogen-bond donors (Lipinski definition) is 3. The minimum atomic E-state index is -2.23. The molecule has 1 saturated heterocycles. The summed E-state index contributed by atoms with van der Waals surface area (Å²) in [4.78, 5) is 55.4. The lowest BCUT2D eigenvalue weighted by molar-refractivity contribution is -0.150. The Morgan fingerprint density at radius 1 is 1.17 bits per heavy atom. The molecule has 2 heterocycles. The Bertz CT molecular complexity index is 1050. The van der Waals surface area contributed by atoms with E-state index in [2.05, 4.69) is 49.8 Å². The number of carbonyl (C=O) groups excluding carboxylic acids is 4. The summed E-state index contributed by atoms with van der Waals surface area (Å²) in [6, 6.07) is -1.84. The summed E-state index contributed by atoms with van der Waals surface area (Å²) in [5, 5.41) is 8.92. The number of nitrogens with one attached hydrogen (secondary N) is 3. The van der Waals surface area contributed by atoms with Crippen LogP contribution in [0.4, 0.5) is 4.79 Å². The number of ether oxygens (including phenoxy) is 2.